The van der Waals surface area contributed by atoms with Crippen LogP contribution in [0.15, 0.2) is 24.3 Å². The second kappa shape index (κ2) is 6.43. The molecule has 1 aromatic carbocycles. The summed E-state index contributed by atoms with van der Waals surface area (Å²) in [7, 11) is 0. The van der Waals surface area contributed by atoms with Crippen LogP contribution < -0.4 is 5.32 Å². The summed E-state index contributed by atoms with van der Waals surface area (Å²) in [5.74, 6) is 0. The summed E-state index contributed by atoms with van der Waals surface area (Å²) in [5, 5.41) is 2.80. The van der Waals surface area contributed by atoms with Crippen LogP contribution in [0.1, 0.15) is 49.8 Å². The van der Waals surface area contributed by atoms with Crippen LogP contribution in [0.3, 0.4) is 0 Å². The normalized spacial score (nSPS) is 17.9. The average Bonchev–Trinajstić information content (AvgIpc) is 2.39. The van der Waals surface area contributed by atoms with Crippen molar-refractivity contribution in [1.29, 1.82) is 0 Å². The number of aryl methyl sites for hydroxylation is 1. The van der Waals surface area contributed by atoms with Crippen molar-refractivity contribution in [2.45, 2.75) is 45.1 Å². The van der Waals surface area contributed by atoms with Gasteiger partial charge in [-0.1, -0.05) is 37.6 Å². The second-order valence-electron chi connectivity index (χ2n) is 4.77. The van der Waals surface area contributed by atoms with Gasteiger partial charge in [0.2, 0.25) is 0 Å². The molecular formula is C15H21NO2. The Morgan fingerprint density at radius 1 is 1.44 bits per heavy atom. The Kier molecular flexibility index (Phi) is 4.62. The highest BCUT2D eigenvalue weighted by molar-refractivity contribution is 5.67. The molecule has 0 saturated carbocycles. The molecule has 1 unspecified atom stereocenters. The smallest absolute Gasteiger partial charge is 0.407 e. The molecule has 0 aliphatic heterocycles. The zero-order valence-corrected chi connectivity index (χ0v) is 10.9. The summed E-state index contributed by atoms with van der Waals surface area (Å²) in [6, 6.07) is 8.25. The van der Waals surface area contributed by atoms with Gasteiger partial charge in [-0.25, -0.2) is 4.79 Å². The lowest BCUT2D eigenvalue weighted by atomic mass is 9.89. The quantitative estimate of drug-likeness (QED) is 0.826. The number of nitrogens with one attached hydrogen (secondary N) is 1. The van der Waals surface area contributed by atoms with Gasteiger partial charge in [-0.2, -0.15) is 0 Å². The predicted molar refractivity (Wildman–Crippen MR) is 71.5 cm³/mol. The number of rotatable bonds is 4. The molecule has 3 heteroatoms. The molecule has 0 heterocycles. The van der Waals surface area contributed by atoms with Crippen molar-refractivity contribution >= 4 is 6.09 Å². The zero-order valence-electron chi connectivity index (χ0n) is 10.9. The van der Waals surface area contributed by atoms with E-state index in [-0.39, 0.29) is 12.2 Å². The SMILES string of the molecule is CCCCNC(=O)OC1CCCc2ccccc21. The molecule has 1 amide bonds. The van der Waals surface area contributed by atoms with E-state index in [9.17, 15) is 4.79 Å². The Morgan fingerprint density at radius 2 is 2.28 bits per heavy atom. The molecular weight excluding hydrogens is 226 g/mol. The summed E-state index contributed by atoms with van der Waals surface area (Å²) in [6.07, 6.45) is 4.82. The molecule has 98 valence electrons. The lowest BCUT2D eigenvalue weighted by Gasteiger charge is -2.25. The summed E-state index contributed by atoms with van der Waals surface area (Å²) in [6.45, 7) is 2.80. The van der Waals surface area contributed by atoms with Crippen molar-refractivity contribution in [3.63, 3.8) is 0 Å². The standard InChI is InChI=1S/C15H21NO2/c1-2-3-11-16-15(17)18-14-10-6-8-12-7-4-5-9-13(12)14/h4-5,7,9,14H,2-3,6,8,10-11H2,1H3,(H,16,17). The van der Waals surface area contributed by atoms with Gasteiger partial charge in [0.15, 0.2) is 0 Å². The Balaban J connectivity index is 1.92. The molecule has 1 atom stereocenters. The van der Waals surface area contributed by atoms with E-state index in [2.05, 4.69) is 24.4 Å². The molecule has 1 aliphatic carbocycles. The van der Waals surface area contributed by atoms with Gasteiger partial charge >= 0.3 is 6.09 Å². The summed E-state index contributed by atoms with van der Waals surface area (Å²) in [5.41, 5.74) is 2.49. The highest BCUT2D eigenvalue weighted by Gasteiger charge is 2.22. The number of carbonyl (C=O) groups is 1. The maximum Gasteiger partial charge on any atom is 0.407 e. The third-order valence-corrected chi connectivity index (χ3v) is 3.36. The molecule has 0 saturated heterocycles. The zero-order chi connectivity index (χ0) is 12.8. The third kappa shape index (κ3) is 3.25. The van der Waals surface area contributed by atoms with E-state index in [1.807, 2.05) is 12.1 Å². The number of hydrogen-bond donors (Lipinski definition) is 1. The summed E-state index contributed by atoms with van der Waals surface area (Å²) >= 11 is 0. The van der Waals surface area contributed by atoms with Crippen LogP contribution in [0.5, 0.6) is 0 Å². The number of fused-ring (bicyclic) bond motifs is 1. The number of hydrogen-bond acceptors (Lipinski definition) is 2. The van der Waals surface area contributed by atoms with Crippen molar-refractivity contribution in [3.05, 3.63) is 35.4 Å². The number of carbonyl (C=O) groups excluding carboxylic acids is 1. The molecule has 0 radical (unpaired) electrons. The molecule has 1 N–H and O–H groups in total. The minimum atomic E-state index is -0.287. The van der Waals surface area contributed by atoms with Crippen LogP contribution in [-0.4, -0.2) is 12.6 Å². The monoisotopic (exact) mass is 247 g/mol. The van der Waals surface area contributed by atoms with E-state index in [0.717, 1.165) is 32.1 Å². The number of alkyl carbamates (subject to hydrolysis) is 1. The molecule has 0 spiro atoms. The van der Waals surface area contributed by atoms with Crippen molar-refractivity contribution in [3.8, 4) is 0 Å². The molecule has 0 fully saturated rings. The Morgan fingerprint density at radius 3 is 3.11 bits per heavy atom. The average molecular weight is 247 g/mol. The van der Waals surface area contributed by atoms with Crippen LogP contribution in [-0.2, 0) is 11.2 Å². The lowest BCUT2D eigenvalue weighted by molar-refractivity contribution is 0.0874. The summed E-state index contributed by atoms with van der Waals surface area (Å²) < 4.78 is 5.51. The molecule has 1 aromatic rings. The van der Waals surface area contributed by atoms with E-state index in [1.54, 1.807) is 0 Å². The van der Waals surface area contributed by atoms with E-state index < -0.39 is 0 Å². The first-order valence-electron chi connectivity index (χ1n) is 6.83. The molecule has 1 aliphatic rings. The number of benzene rings is 1. The predicted octanol–water partition coefficient (Wildman–Crippen LogP) is 3.59. The Labute approximate surface area is 109 Å². The topological polar surface area (TPSA) is 38.3 Å². The van der Waals surface area contributed by atoms with E-state index >= 15 is 0 Å². The first-order chi connectivity index (χ1) is 8.81. The fraction of sp³-hybridized carbons (Fsp3) is 0.533. The molecule has 18 heavy (non-hydrogen) atoms. The fourth-order valence-electron chi connectivity index (χ4n) is 2.37. The molecule has 3 nitrogen and oxygen atoms in total. The maximum atomic E-state index is 11.7. The Bertz CT molecular complexity index is 403. The number of amides is 1. The fourth-order valence-corrected chi connectivity index (χ4v) is 2.37. The van der Waals surface area contributed by atoms with Crippen molar-refractivity contribution < 1.29 is 9.53 Å². The van der Waals surface area contributed by atoms with Crippen LogP contribution in [0.4, 0.5) is 4.79 Å². The van der Waals surface area contributed by atoms with Gasteiger partial charge in [-0.05, 0) is 36.8 Å². The van der Waals surface area contributed by atoms with E-state index in [4.69, 9.17) is 4.74 Å². The second-order valence-corrected chi connectivity index (χ2v) is 4.77. The Hall–Kier alpha value is -1.51. The van der Waals surface area contributed by atoms with Gasteiger partial charge in [0.1, 0.15) is 6.10 Å². The summed E-state index contributed by atoms with van der Waals surface area (Å²) in [4.78, 5) is 11.7. The highest BCUT2D eigenvalue weighted by atomic mass is 16.6. The molecule has 2 rings (SSSR count). The first kappa shape index (κ1) is 12.9. The molecule has 0 bridgehead atoms. The maximum absolute atomic E-state index is 11.7. The van der Waals surface area contributed by atoms with E-state index in [0.29, 0.717) is 6.54 Å². The van der Waals surface area contributed by atoms with Gasteiger partial charge in [0.25, 0.3) is 0 Å². The number of ether oxygens (including phenoxy) is 1. The van der Waals surface area contributed by atoms with Crippen LogP contribution in [0.2, 0.25) is 0 Å². The number of unbranched alkanes of at least 4 members (excludes halogenated alkanes) is 1. The van der Waals surface area contributed by atoms with Gasteiger partial charge in [-0.15, -0.1) is 0 Å². The van der Waals surface area contributed by atoms with Crippen molar-refractivity contribution in [2.75, 3.05) is 6.54 Å². The van der Waals surface area contributed by atoms with Gasteiger partial charge in [-0.3, -0.25) is 0 Å². The van der Waals surface area contributed by atoms with Gasteiger partial charge in [0.05, 0.1) is 0 Å². The van der Waals surface area contributed by atoms with Gasteiger partial charge < -0.3 is 10.1 Å². The third-order valence-electron chi connectivity index (χ3n) is 3.36. The van der Waals surface area contributed by atoms with Crippen LogP contribution in [0.25, 0.3) is 0 Å². The van der Waals surface area contributed by atoms with E-state index in [1.165, 1.54) is 11.1 Å². The van der Waals surface area contributed by atoms with Crippen molar-refractivity contribution in [2.24, 2.45) is 0 Å². The van der Waals surface area contributed by atoms with Crippen LogP contribution >= 0.6 is 0 Å². The largest absolute Gasteiger partial charge is 0.441 e. The van der Waals surface area contributed by atoms with Crippen molar-refractivity contribution in [1.82, 2.24) is 5.32 Å². The van der Waals surface area contributed by atoms with Gasteiger partial charge in [0, 0.05) is 6.54 Å². The van der Waals surface area contributed by atoms with Crippen LogP contribution in [0, 0.1) is 0 Å². The lowest BCUT2D eigenvalue weighted by Crippen LogP contribution is -2.28. The highest BCUT2D eigenvalue weighted by Crippen LogP contribution is 2.32. The minimum Gasteiger partial charge on any atom is -0.441 e. The molecule has 0 aromatic heterocycles. The first-order valence-corrected chi connectivity index (χ1v) is 6.83. The minimum absolute atomic E-state index is 0.0726.